The number of hydrogen-bond acceptors (Lipinski definition) is 4. The third-order valence-electron chi connectivity index (χ3n) is 3.05. The van der Waals surface area contributed by atoms with E-state index in [0.717, 1.165) is 8.66 Å². The van der Waals surface area contributed by atoms with Crippen molar-refractivity contribution in [3.05, 3.63) is 20.8 Å². The van der Waals surface area contributed by atoms with Crippen LogP contribution in [-0.4, -0.2) is 28.9 Å². The maximum absolute atomic E-state index is 12.0. The van der Waals surface area contributed by atoms with Crippen molar-refractivity contribution >= 4 is 39.1 Å². The summed E-state index contributed by atoms with van der Waals surface area (Å²) in [4.78, 5) is 26.3. The van der Waals surface area contributed by atoms with Gasteiger partial charge in [0, 0.05) is 4.88 Å². The van der Waals surface area contributed by atoms with Gasteiger partial charge in [0.05, 0.1) is 10.3 Å². The standard InChI is InChI=1S/C11H10BrNO3S/c12-9-4-1-6(17-9)5-13-10(14)7-2-3-8(16-7)11(13)15/h1,4,7-8H,2-3,5H2. The number of fused-ring (bicyclic) bond motifs is 2. The van der Waals surface area contributed by atoms with Crippen LogP contribution in [0.25, 0.3) is 0 Å². The molecule has 2 atom stereocenters. The Balaban J connectivity index is 1.82. The summed E-state index contributed by atoms with van der Waals surface area (Å²) in [5, 5.41) is 0. The van der Waals surface area contributed by atoms with Gasteiger partial charge in [-0.2, -0.15) is 0 Å². The summed E-state index contributed by atoms with van der Waals surface area (Å²) in [5.41, 5.74) is 0. The van der Waals surface area contributed by atoms with Crippen LogP contribution in [0.2, 0.25) is 0 Å². The summed E-state index contributed by atoms with van der Waals surface area (Å²) in [6, 6.07) is 3.84. The molecule has 3 heterocycles. The fraction of sp³-hybridized carbons (Fsp3) is 0.455. The minimum atomic E-state index is -0.402. The zero-order valence-electron chi connectivity index (χ0n) is 8.89. The van der Waals surface area contributed by atoms with E-state index < -0.39 is 12.2 Å². The molecule has 2 fully saturated rings. The lowest BCUT2D eigenvalue weighted by Crippen LogP contribution is -2.51. The van der Waals surface area contributed by atoms with E-state index in [-0.39, 0.29) is 11.8 Å². The first-order chi connectivity index (χ1) is 8.15. The van der Waals surface area contributed by atoms with Gasteiger partial charge in [-0.15, -0.1) is 11.3 Å². The predicted molar refractivity (Wildman–Crippen MR) is 65.5 cm³/mol. The van der Waals surface area contributed by atoms with E-state index in [2.05, 4.69) is 15.9 Å². The summed E-state index contributed by atoms with van der Waals surface area (Å²) in [6.07, 6.45) is 0.530. The molecule has 2 bridgehead atoms. The van der Waals surface area contributed by atoms with Gasteiger partial charge in [0.1, 0.15) is 12.2 Å². The highest BCUT2D eigenvalue weighted by molar-refractivity contribution is 9.11. The lowest BCUT2D eigenvalue weighted by atomic mass is 10.2. The summed E-state index contributed by atoms with van der Waals surface area (Å²) < 4.78 is 6.35. The average molecular weight is 316 g/mol. The summed E-state index contributed by atoms with van der Waals surface area (Å²) in [6.45, 7) is 0.365. The number of nitrogens with zero attached hydrogens (tertiary/aromatic N) is 1. The highest BCUT2D eigenvalue weighted by atomic mass is 79.9. The number of rotatable bonds is 2. The number of carbonyl (C=O) groups is 2. The monoisotopic (exact) mass is 315 g/mol. The second-order valence-corrected chi connectivity index (χ2v) is 6.71. The molecule has 2 aliphatic rings. The Morgan fingerprint density at radius 3 is 2.47 bits per heavy atom. The van der Waals surface area contributed by atoms with Crippen molar-refractivity contribution in [3.63, 3.8) is 0 Å². The molecule has 17 heavy (non-hydrogen) atoms. The van der Waals surface area contributed by atoms with Gasteiger partial charge < -0.3 is 4.74 Å². The number of ether oxygens (including phenoxy) is 1. The fourth-order valence-corrected chi connectivity index (χ4v) is 3.68. The molecule has 0 aromatic carbocycles. The Morgan fingerprint density at radius 2 is 1.94 bits per heavy atom. The van der Waals surface area contributed by atoms with Crippen molar-refractivity contribution in [2.24, 2.45) is 0 Å². The lowest BCUT2D eigenvalue weighted by Gasteiger charge is -2.29. The van der Waals surface area contributed by atoms with Crippen molar-refractivity contribution < 1.29 is 14.3 Å². The predicted octanol–water partition coefficient (Wildman–Crippen LogP) is 1.93. The first-order valence-electron chi connectivity index (χ1n) is 5.40. The summed E-state index contributed by atoms with van der Waals surface area (Å²) in [7, 11) is 0. The molecule has 1 aromatic rings. The van der Waals surface area contributed by atoms with Gasteiger partial charge in [-0.25, -0.2) is 0 Å². The van der Waals surface area contributed by atoms with Crippen molar-refractivity contribution in [2.75, 3.05) is 0 Å². The molecule has 4 nitrogen and oxygen atoms in total. The van der Waals surface area contributed by atoms with Gasteiger partial charge in [-0.05, 0) is 40.9 Å². The van der Waals surface area contributed by atoms with Crippen LogP contribution in [0.4, 0.5) is 0 Å². The summed E-state index contributed by atoms with van der Waals surface area (Å²) in [5.74, 6) is -0.374. The second-order valence-electron chi connectivity index (χ2n) is 4.16. The van der Waals surface area contributed by atoms with E-state index in [4.69, 9.17) is 4.74 Å². The molecule has 90 valence electrons. The topological polar surface area (TPSA) is 46.6 Å². The van der Waals surface area contributed by atoms with Crippen molar-refractivity contribution in [2.45, 2.75) is 31.6 Å². The van der Waals surface area contributed by atoms with Gasteiger partial charge >= 0.3 is 0 Å². The fourth-order valence-electron chi connectivity index (χ4n) is 2.21. The smallest absolute Gasteiger partial charge is 0.258 e. The molecule has 2 amide bonds. The number of carbonyl (C=O) groups excluding carboxylic acids is 2. The highest BCUT2D eigenvalue weighted by Crippen LogP contribution is 2.31. The zero-order chi connectivity index (χ0) is 12.0. The Bertz CT molecular complexity index is 465. The number of likely N-dealkylation sites (tertiary alicyclic amines) is 1. The molecule has 0 spiro atoms. The Hall–Kier alpha value is -0.720. The molecule has 0 N–H and O–H groups in total. The third-order valence-corrected chi connectivity index (χ3v) is 4.65. The minimum Gasteiger partial charge on any atom is -0.355 e. The van der Waals surface area contributed by atoms with Crippen LogP contribution in [-0.2, 0) is 20.9 Å². The average Bonchev–Trinajstić information content (AvgIpc) is 2.90. The van der Waals surface area contributed by atoms with E-state index in [1.165, 1.54) is 16.2 Å². The molecule has 2 unspecified atom stereocenters. The zero-order valence-corrected chi connectivity index (χ0v) is 11.3. The van der Waals surface area contributed by atoms with Crippen LogP contribution in [0.1, 0.15) is 17.7 Å². The van der Waals surface area contributed by atoms with Crippen LogP contribution in [0.5, 0.6) is 0 Å². The second kappa shape index (κ2) is 4.19. The first-order valence-corrected chi connectivity index (χ1v) is 7.01. The number of hydrogen-bond donors (Lipinski definition) is 0. The largest absolute Gasteiger partial charge is 0.355 e. The molecule has 6 heteroatoms. The van der Waals surface area contributed by atoms with E-state index in [1.807, 2.05) is 12.1 Å². The normalized spacial score (nSPS) is 27.9. The summed E-state index contributed by atoms with van der Waals surface area (Å²) >= 11 is 4.91. The Labute approximate surface area is 111 Å². The third kappa shape index (κ3) is 1.94. The van der Waals surface area contributed by atoms with Crippen LogP contribution in [0.3, 0.4) is 0 Å². The number of halogens is 1. The van der Waals surface area contributed by atoms with Gasteiger partial charge in [-0.1, -0.05) is 0 Å². The number of thiophene rings is 1. The van der Waals surface area contributed by atoms with E-state index in [9.17, 15) is 9.59 Å². The lowest BCUT2D eigenvalue weighted by molar-refractivity contribution is -0.169. The van der Waals surface area contributed by atoms with E-state index in [0.29, 0.717) is 19.4 Å². The Morgan fingerprint density at radius 1 is 1.29 bits per heavy atom. The maximum atomic E-state index is 12.0. The molecule has 1 aromatic heterocycles. The molecular weight excluding hydrogens is 306 g/mol. The molecule has 0 radical (unpaired) electrons. The van der Waals surface area contributed by atoms with Crippen molar-refractivity contribution in [1.82, 2.24) is 4.90 Å². The van der Waals surface area contributed by atoms with Gasteiger partial charge in [0.25, 0.3) is 11.8 Å². The Kier molecular flexibility index (Phi) is 2.80. The quantitative estimate of drug-likeness (QED) is 0.783. The van der Waals surface area contributed by atoms with Gasteiger partial charge in [0.15, 0.2) is 0 Å². The number of imide groups is 1. The van der Waals surface area contributed by atoms with E-state index in [1.54, 1.807) is 0 Å². The molecule has 3 rings (SSSR count). The van der Waals surface area contributed by atoms with Crippen LogP contribution in [0, 0.1) is 0 Å². The molecule has 2 saturated heterocycles. The maximum Gasteiger partial charge on any atom is 0.258 e. The van der Waals surface area contributed by atoms with Crippen LogP contribution >= 0.6 is 27.3 Å². The van der Waals surface area contributed by atoms with Gasteiger partial charge in [0.2, 0.25) is 0 Å². The minimum absolute atomic E-state index is 0.187. The first kappa shape index (κ1) is 11.4. The van der Waals surface area contributed by atoms with Crippen LogP contribution < -0.4 is 0 Å². The van der Waals surface area contributed by atoms with Crippen LogP contribution in [0.15, 0.2) is 15.9 Å². The number of morpholine rings is 1. The number of amides is 2. The molecule has 0 saturated carbocycles. The van der Waals surface area contributed by atoms with Crippen molar-refractivity contribution in [1.29, 1.82) is 0 Å². The molecule has 2 aliphatic heterocycles. The highest BCUT2D eigenvalue weighted by Gasteiger charge is 2.46. The SMILES string of the molecule is O=C1C2CCC(O2)C(=O)N1Cc1ccc(Br)s1. The molecule has 0 aliphatic carbocycles. The van der Waals surface area contributed by atoms with Crippen molar-refractivity contribution in [3.8, 4) is 0 Å². The van der Waals surface area contributed by atoms with E-state index >= 15 is 0 Å². The van der Waals surface area contributed by atoms with Gasteiger partial charge in [-0.3, -0.25) is 14.5 Å². The molecular formula is C11H10BrNO3S.